The van der Waals surface area contributed by atoms with Crippen LogP contribution < -0.4 is 5.32 Å². The molecular formula is C15H28N2O3. The van der Waals surface area contributed by atoms with Gasteiger partial charge >= 0.3 is 6.09 Å². The summed E-state index contributed by atoms with van der Waals surface area (Å²) in [4.78, 5) is 13.8. The second kappa shape index (κ2) is 5.90. The molecule has 2 rings (SSSR count). The maximum atomic E-state index is 12.0. The Bertz CT molecular complexity index is 342. The zero-order chi connectivity index (χ0) is 14.8. The molecule has 0 spiro atoms. The average Bonchev–Trinajstić information content (AvgIpc) is 2.75. The van der Waals surface area contributed by atoms with Gasteiger partial charge in [0.1, 0.15) is 5.60 Å². The quantitative estimate of drug-likeness (QED) is 0.859. The summed E-state index contributed by atoms with van der Waals surface area (Å²) in [6.45, 7) is 8.08. The first-order valence-electron chi connectivity index (χ1n) is 7.60. The van der Waals surface area contributed by atoms with E-state index >= 15 is 0 Å². The molecule has 1 heterocycles. The normalized spacial score (nSPS) is 25.4. The van der Waals surface area contributed by atoms with Gasteiger partial charge in [0.15, 0.2) is 0 Å². The standard InChI is InChI=1S/C15H28N2O3/c1-14(2,3)20-13(18)17-9-6-12(10-17)16-11-15(19-4)7-5-8-15/h12,16H,5-11H2,1-4H3. The monoisotopic (exact) mass is 284 g/mol. The van der Waals surface area contributed by atoms with Crippen LogP contribution in [0.2, 0.25) is 0 Å². The van der Waals surface area contributed by atoms with E-state index in [9.17, 15) is 4.79 Å². The lowest BCUT2D eigenvalue weighted by Crippen LogP contribution is -2.51. The number of rotatable bonds is 4. The molecule has 1 aliphatic heterocycles. The van der Waals surface area contributed by atoms with E-state index in [4.69, 9.17) is 9.47 Å². The number of methoxy groups -OCH3 is 1. The number of ether oxygens (including phenoxy) is 2. The van der Waals surface area contributed by atoms with Gasteiger partial charge in [-0.25, -0.2) is 4.79 Å². The molecule has 0 radical (unpaired) electrons. The molecule has 20 heavy (non-hydrogen) atoms. The average molecular weight is 284 g/mol. The number of hydrogen-bond acceptors (Lipinski definition) is 4. The predicted octanol–water partition coefficient (Wildman–Crippen LogP) is 2.15. The van der Waals surface area contributed by atoms with Crippen molar-refractivity contribution in [1.82, 2.24) is 10.2 Å². The Morgan fingerprint density at radius 2 is 2.10 bits per heavy atom. The summed E-state index contributed by atoms with van der Waals surface area (Å²) in [5.41, 5.74) is -0.381. The molecule has 116 valence electrons. The van der Waals surface area contributed by atoms with Gasteiger partial charge in [0, 0.05) is 32.8 Å². The third kappa shape index (κ3) is 3.85. The third-order valence-corrected chi connectivity index (χ3v) is 4.25. The molecule has 1 atom stereocenters. The topological polar surface area (TPSA) is 50.8 Å². The van der Waals surface area contributed by atoms with Crippen LogP contribution >= 0.6 is 0 Å². The fourth-order valence-electron chi connectivity index (χ4n) is 2.77. The minimum Gasteiger partial charge on any atom is -0.444 e. The molecule has 2 fully saturated rings. The summed E-state index contributed by atoms with van der Waals surface area (Å²) in [5, 5.41) is 3.55. The SMILES string of the molecule is COC1(CNC2CCN(C(=O)OC(C)(C)C)C2)CCC1. The Kier molecular flexibility index (Phi) is 4.59. The van der Waals surface area contributed by atoms with Crippen molar-refractivity contribution in [2.75, 3.05) is 26.7 Å². The van der Waals surface area contributed by atoms with Crippen LogP contribution in [0.15, 0.2) is 0 Å². The molecule has 0 aromatic carbocycles. The van der Waals surface area contributed by atoms with Gasteiger partial charge in [0.2, 0.25) is 0 Å². The predicted molar refractivity (Wildman–Crippen MR) is 77.8 cm³/mol. The maximum absolute atomic E-state index is 12.0. The Morgan fingerprint density at radius 3 is 2.60 bits per heavy atom. The van der Waals surface area contributed by atoms with Gasteiger partial charge in [-0.15, -0.1) is 0 Å². The Hall–Kier alpha value is -0.810. The molecule has 0 aromatic rings. The van der Waals surface area contributed by atoms with E-state index in [-0.39, 0.29) is 11.7 Å². The lowest BCUT2D eigenvalue weighted by molar-refractivity contribution is -0.0706. The summed E-state index contributed by atoms with van der Waals surface area (Å²) >= 11 is 0. The van der Waals surface area contributed by atoms with Crippen molar-refractivity contribution in [1.29, 1.82) is 0 Å². The molecule has 1 saturated carbocycles. The van der Waals surface area contributed by atoms with Crippen molar-refractivity contribution in [3.8, 4) is 0 Å². The van der Waals surface area contributed by atoms with Crippen molar-refractivity contribution in [3.63, 3.8) is 0 Å². The molecule has 0 bridgehead atoms. The molecule has 1 N–H and O–H groups in total. The highest BCUT2D eigenvalue weighted by atomic mass is 16.6. The van der Waals surface area contributed by atoms with Crippen molar-refractivity contribution < 1.29 is 14.3 Å². The first-order chi connectivity index (χ1) is 9.34. The van der Waals surface area contributed by atoms with Gasteiger partial charge in [-0.1, -0.05) is 0 Å². The molecule has 1 unspecified atom stereocenters. The highest BCUT2D eigenvalue weighted by Crippen LogP contribution is 2.34. The van der Waals surface area contributed by atoms with Gasteiger partial charge in [0.05, 0.1) is 5.60 Å². The fraction of sp³-hybridized carbons (Fsp3) is 0.933. The highest BCUT2D eigenvalue weighted by Gasteiger charge is 2.38. The lowest BCUT2D eigenvalue weighted by atomic mass is 9.80. The number of nitrogens with one attached hydrogen (secondary N) is 1. The zero-order valence-corrected chi connectivity index (χ0v) is 13.2. The van der Waals surface area contributed by atoms with Crippen molar-refractivity contribution in [2.24, 2.45) is 0 Å². The van der Waals surface area contributed by atoms with Crippen LogP contribution in [0, 0.1) is 0 Å². The van der Waals surface area contributed by atoms with Gasteiger partial charge in [0.25, 0.3) is 0 Å². The van der Waals surface area contributed by atoms with E-state index in [1.54, 1.807) is 12.0 Å². The Morgan fingerprint density at radius 1 is 1.40 bits per heavy atom. The minimum absolute atomic E-state index is 0.0410. The van der Waals surface area contributed by atoms with Crippen molar-refractivity contribution >= 4 is 6.09 Å². The number of likely N-dealkylation sites (tertiary alicyclic amines) is 1. The smallest absolute Gasteiger partial charge is 0.410 e. The summed E-state index contributed by atoms with van der Waals surface area (Å²) in [6.07, 6.45) is 4.31. The van der Waals surface area contributed by atoms with E-state index in [0.717, 1.165) is 38.9 Å². The van der Waals surface area contributed by atoms with Crippen molar-refractivity contribution in [2.45, 2.75) is 63.7 Å². The van der Waals surface area contributed by atoms with Gasteiger partial charge in [-0.3, -0.25) is 0 Å². The van der Waals surface area contributed by atoms with Crippen LogP contribution in [0.4, 0.5) is 4.79 Å². The number of nitrogens with zero attached hydrogens (tertiary/aromatic N) is 1. The highest BCUT2D eigenvalue weighted by molar-refractivity contribution is 5.68. The summed E-state index contributed by atoms with van der Waals surface area (Å²) < 4.78 is 11.0. The van der Waals surface area contributed by atoms with Crippen LogP contribution in [0.5, 0.6) is 0 Å². The first-order valence-corrected chi connectivity index (χ1v) is 7.60. The second-order valence-corrected chi connectivity index (χ2v) is 7.03. The summed E-state index contributed by atoms with van der Waals surface area (Å²) in [7, 11) is 1.79. The number of hydrogen-bond donors (Lipinski definition) is 1. The van der Waals surface area contributed by atoms with E-state index in [1.165, 1.54) is 6.42 Å². The maximum Gasteiger partial charge on any atom is 0.410 e. The van der Waals surface area contributed by atoms with Crippen molar-refractivity contribution in [3.05, 3.63) is 0 Å². The number of amides is 1. The van der Waals surface area contributed by atoms with Crippen LogP contribution in [-0.2, 0) is 9.47 Å². The molecule has 1 amide bonds. The van der Waals surface area contributed by atoms with E-state index < -0.39 is 5.60 Å². The minimum atomic E-state index is -0.422. The molecule has 2 aliphatic rings. The largest absolute Gasteiger partial charge is 0.444 e. The first kappa shape index (κ1) is 15.6. The molecule has 1 aliphatic carbocycles. The molecule has 1 saturated heterocycles. The van der Waals surface area contributed by atoms with E-state index in [0.29, 0.717) is 6.04 Å². The summed E-state index contributed by atoms with van der Waals surface area (Å²) in [6, 6.07) is 0.357. The fourth-order valence-corrected chi connectivity index (χ4v) is 2.77. The Labute approximate surface area is 122 Å². The van der Waals surface area contributed by atoms with E-state index in [2.05, 4.69) is 5.32 Å². The second-order valence-electron chi connectivity index (χ2n) is 7.03. The lowest BCUT2D eigenvalue weighted by Gasteiger charge is -2.41. The van der Waals surface area contributed by atoms with Gasteiger partial charge in [-0.2, -0.15) is 0 Å². The molecular weight excluding hydrogens is 256 g/mol. The van der Waals surface area contributed by atoms with Gasteiger partial charge < -0.3 is 19.7 Å². The molecule has 5 heteroatoms. The third-order valence-electron chi connectivity index (χ3n) is 4.25. The van der Waals surface area contributed by atoms with Crippen LogP contribution in [0.3, 0.4) is 0 Å². The van der Waals surface area contributed by atoms with Crippen LogP contribution in [0.25, 0.3) is 0 Å². The van der Waals surface area contributed by atoms with Crippen LogP contribution in [-0.4, -0.2) is 55.0 Å². The van der Waals surface area contributed by atoms with E-state index in [1.807, 2.05) is 20.8 Å². The van der Waals surface area contributed by atoms with Crippen LogP contribution in [0.1, 0.15) is 46.5 Å². The molecule has 5 nitrogen and oxygen atoms in total. The Balaban J connectivity index is 1.73. The van der Waals surface area contributed by atoms with Gasteiger partial charge in [-0.05, 0) is 46.5 Å². The zero-order valence-electron chi connectivity index (χ0n) is 13.2. The molecule has 0 aromatic heterocycles. The summed E-state index contributed by atoms with van der Waals surface area (Å²) in [5.74, 6) is 0. The number of carbonyl (C=O) groups is 1. The number of carbonyl (C=O) groups excluding carboxylic acids is 1.